The Bertz CT molecular complexity index is 488. The molecular formula is C27H52O5. The molecule has 190 valence electrons. The van der Waals surface area contributed by atoms with Gasteiger partial charge in [-0.1, -0.05) is 84.3 Å². The highest BCUT2D eigenvalue weighted by atomic mass is 16.5. The minimum atomic E-state index is -1.16. The highest BCUT2D eigenvalue weighted by Gasteiger charge is 2.29. The summed E-state index contributed by atoms with van der Waals surface area (Å²) in [7, 11) is 0. The van der Waals surface area contributed by atoms with Crippen molar-refractivity contribution >= 4 is 5.97 Å². The van der Waals surface area contributed by atoms with E-state index < -0.39 is 25.2 Å². The number of aliphatic hydroxyl groups excluding tert-OH is 3. The molecule has 32 heavy (non-hydrogen) atoms. The van der Waals surface area contributed by atoms with Gasteiger partial charge in [0.05, 0.1) is 25.2 Å². The third kappa shape index (κ3) is 15.8. The molecule has 0 bridgehead atoms. The SMILES string of the molecule is C/C(=C\CCC(=O)OCC(CO)(CO)CO)CCCC(C)CCCC(C)CCCC(C)C. The zero-order valence-corrected chi connectivity index (χ0v) is 21.6. The molecule has 2 atom stereocenters. The molecule has 0 amide bonds. The lowest BCUT2D eigenvalue weighted by Crippen LogP contribution is -2.39. The van der Waals surface area contributed by atoms with Crippen molar-refractivity contribution in [1.82, 2.24) is 0 Å². The van der Waals surface area contributed by atoms with E-state index in [1.165, 1.54) is 56.9 Å². The summed E-state index contributed by atoms with van der Waals surface area (Å²) in [6, 6.07) is 0. The molecule has 0 aliphatic rings. The summed E-state index contributed by atoms with van der Waals surface area (Å²) >= 11 is 0. The maximum atomic E-state index is 11.9. The monoisotopic (exact) mass is 456 g/mol. The summed E-state index contributed by atoms with van der Waals surface area (Å²) in [6.45, 7) is 10.0. The smallest absolute Gasteiger partial charge is 0.306 e. The van der Waals surface area contributed by atoms with Gasteiger partial charge in [-0.25, -0.2) is 0 Å². The van der Waals surface area contributed by atoms with Gasteiger partial charge < -0.3 is 20.1 Å². The van der Waals surface area contributed by atoms with Crippen molar-refractivity contribution in [1.29, 1.82) is 0 Å². The Morgan fingerprint density at radius 3 is 1.81 bits per heavy atom. The first-order valence-corrected chi connectivity index (χ1v) is 12.8. The second-order valence-electron chi connectivity index (χ2n) is 10.6. The minimum absolute atomic E-state index is 0.174. The van der Waals surface area contributed by atoms with Gasteiger partial charge in [-0.15, -0.1) is 0 Å². The van der Waals surface area contributed by atoms with Gasteiger partial charge in [-0.05, 0) is 43.9 Å². The largest absolute Gasteiger partial charge is 0.465 e. The van der Waals surface area contributed by atoms with Crippen LogP contribution in [0.1, 0.15) is 105 Å². The lowest BCUT2D eigenvalue weighted by atomic mass is 9.91. The Morgan fingerprint density at radius 1 is 0.812 bits per heavy atom. The number of aliphatic hydroxyl groups is 3. The van der Waals surface area contributed by atoms with Crippen LogP contribution in [0.4, 0.5) is 0 Å². The molecule has 0 aromatic carbocycles. The fraction of sp³-hybridized carbons (Fsp3) is 0.889. The Kier molecular flexibility index (Phi) is 18.0. The van der Waals surface area contributed by atoms with Crippen molar-refractivity contribution in [2.45, 2.75) is 105 Å². The summed E-state index contributed by atoms with van der Waals surface area (Å²) in [5.41, 5.74) is 0.142. The van der Waals surface area contributed by atoms with Gasteiger partial charge in [0.15, 0.2) is 0 Å². The number of allylic oxidation sites excluding steroid dienone is 2. The molecule has 3 N–H and O–H groups in total. The molecule has 0 fully saturated rings. The Labute approximate surface area is 197 Å². The molecule has 5 heteroatoms. The number of carbonyl (C=O) groups excluding carboxylic acids is 1. The van der Waals surface area contributed by atoms with Crippen LogP contribution in [-0.2, 0) is 9.53 Å². The maximum Gasteiger partial charge on any atom is 0.306 e. The molecule has 0 saturated heterocycles. The second kappa shape index (κ2) is 18.5. The fourth-order valence-corrected chi connectivity index (χ4v) is 3.84. The van der Waals surface area contributed by atoms with Crippen molar-refractivity contribution in [3.8, 4) is 0 Å². The predicted molar refractivity (Wildman–Crippen MR) is 132 cm³/mol. The number of hydrogen-bond acceptors (Lipinski definition) is 5. The van der Waals surface area contributed by atoms with E-state index in [4.69, 9.17) is 4.74 Å². The van der Waals surface area contributed by atoms with Crippen molar-refractivity contribution in [2.24, 2.45) is 23.2 Å². The highest BCUT2D eigenvalue weighted by Crippen LogP contribution is 2.22. The number of ether oxygens (including phenoxy) is 1. The second-order valence-corrected chi connectivity index (χ2v) is 10.6. The van der Waals surface area contributed by atoms with Gasteiger partial charge >= 0.3 is 5.97 Å². The van der Waals surface area contributed by atoms with Crippen LogP contribution in [0.3, 0.4) is 0 Å². The van der Waals surface area contributed by atoms with Crippen molar-refractivity contribution in [3.05, 3.63) is 11.6 Å². The summed E-state index contributed by atoms with van der Waals surface area (Å²) < 4.78 is 5.11. The first-order valence-electron chi connectivity index (χ1n) is 12.8. The zero-order valence-electron chi connectivity index (χ0n) is 21.6. The third-order valence-corrected chi connectivity index (χ3v) is 6.53. The van der Waals surface area contributed by atoms with Crippen LogP contribution in [0.25, 0.3) is 0 Å². The Balaban J connectivity index is 3.89. The number of carbonyl (C=O) groups is 1. The average molecular weight is 457 g/mol. The van der Waals surface area contributed by atoms with Gasteiger partial charge in [-0.3, -0.25) is 4.79 Å². The van der Waals surface area contributed by atoms with E-state index in [9.17, 15) is 20.1 Å². The Hall–Kier alpha value is -0.910. The lowest BCUT2D eigenvalue weighted by molar-refractivity contribution is -0.151. The minimum Gasteiger partial charge on any atom is -0.465 e. The van der Waals surface area contributed by atoms with E-state index in [1.807, 2.05) is 0 Å². The summed E-state index contributed by atoms with van der Waals surface area (Å²) in [5.74, 6) is 2.07. The molecular weight excluding hydrogens is 404 g/mol. The van der Waals surface area contributed by atoms with E-state index in [1.54, 1.807) is 0 Å². The molecule has 0 radical (unpaired) electrons. The molecule has 5 nitrogen and oxygen atoms in total. The molecule has 0 aliphatic heterocycles. The topological polar surface area (TPSA) is 87.0 Å². The summed E-state index contributed by atoms with van der Waals surface area (Å²) in [4.78, 5) is 11.9. The summed E-state index contributed by atoms with van der Waals surface area (Å²) in [5, 5.41) is 27.8. The molecule has 0 rings (SSSR count). The van der Waals surface area contributed by atoms with E-state index in [0.29, 0.717) is 6.42 Å². The van der Waals surface area contributed by atoms with Crippen molar-refractivity contribution in [3.63, 3.8) is 0 Å². The van der Waals surface area contributed by atoms with Gasteiger partial charge in [0.1, 0.15) is 6.61 Å². The van der Waals surface area contributed by atoms with Gasteiger partial charge in [0.2, 0.25) is 0 Å². The zero-order chi connectivity index (χ0) is 24.4. The van der Waals surface area contributed by atoms with Crippen molar-refractivity contribution < 1.29 is 24.9 Å². The Morgan fingerprint density at radius 2 is 1.31 bits per heavy atom. The average Bonchev–Trinajstić information content (AvgIpc) is 2.75. The molecule has 0 aromatic rings. The van der Waals surface area contributed by atoms with Crippen LogP contribution >= 0.6 is 0 Å². The van der Waals surface area contributed by atoms with Crippen LogP contribution in [0.15, 0.2) is 11.6 Å². The third-order valence-electron chi connectivity index (χ3n) is 6.53. The predicted octanol–water partition coefficient (Wildman–Crippen LogP) is 5.66. The first kappa shape index (κ1) is 31.1. The maximum absolute atomic E-state index is 11.9. The van der Waals surface area contributed by atoms with Crippen LogP contribution in [0.5, 0.6) is 0 Å². The standard InChI is InChI=1S/C27H52O5/c1-22(2)10-6-11-23(3)12-7-13-24(4)14-8-15-25(5)16-9-17-26(31)32-21-27(18-28,19-29)20-30/h16,22-24,28-30H,6-15,17-21H2,1-5H3/b25-16+. The lowest BCUT2D eigenvalue weighted by Gasteiger charge is -2.26. The summed E-state index contributed by atoms with van der Waals surface area (Å²) in [6.07, 6.45) is 14.6. The van der Waals surface area contributed by atoms with E-state index >= 15 is 0 Å². The van der Waals surface area contributed by atoms with Crippen molar-refractivity contribution in [2.75, 3.05) is 26.4 Å². The van der Waals surface area contributed by atoms with Crippen LogP contribution < -0.4 is 0 Å². The molecule has 0 heterocycles. The van der Waals surface area contributed by atoms with Gasteiger partial charge in [-0.2, -0.15) is 0 Å². The van der Waals surface area contributed by atoms with Gasteiger partial charge in [0, 0.05) is 6.42 Å². The normalized spacial score (nSPS) is 14.6. The fourth-order valence-electron chi connectivity index (χ4n) is 3.84. The van der Waals surface area contributed by atoms with Crippen LogP contribution in [-0.4, -0.2) is 47.7 Å². The molecule has 0 saturated carbocycles. The van der Waals surface area contributed by atoms with Crippen LogP contribution in [0, 0.1) is 23.2 Å². The van der Waals surface area contributed by atoms with Gasteiger partial charge in [0.25, 0.3) is 0 Å². The molecule has 0 aliphatic carbocycles. The molecule has 2 unspecified atom stereocenters. The molecule has 0 aromatic heterocycles. The quantitative estimate of drug-likeness (QED) is 0.163. The van der Waals surface area contributed by atoms with Crippen LogP contribution in [0.2, 0.25) is 0 Å². The number of hydrogen-bond donors (Lipinski definition) is 3. The highest BCUT2D eigenvalue weighted by molar-refractivity contribution is 5.69. The molecule has 0 spiro atoms. The number of rotatable bonds is 20. The first-order chi connectivity index (χ1) is 15.2. The van der Waals surface area contributed by atoms with E-state index in [-0.39, 0.29) is 19.0 Å². The van der Waals surface area contributed by atoms with E-state index in [0.717, 1.165) is 24.2 Å². The number of esters is 1. The van der Waals surface area contributed by atoms with E-state index in [2.05, 4.69) is 40.7 Å².